The second kappa shape index (κ2) is 5.99. The second-order valence-corrected chi connectivity index (χ2v) is 8.85. The Labute approximate surface area is 126 Å². The SMILES string of the molecule is CC(C)CCCCNC(C)C12CC3CC(CC(C3)C1)C2. The highest BCUT2D eigenvalue weighted by atomic mass is 14.9. The first-order chi connectivity index (χ1) is 9.57. The van der Waals surface area contributed by atoms with Crippen LogP contribution in [-0.4, -0.2) is 12.6 Å². The van der Waals surface area contributed by atoms with Gasteiger partial charge in [-0.3, -0.25) is 0 Å². The molecule has 4 saturated carbocycles. The van der Waals surface area contributed by atoms with Crippen molar-refractivity contribution in [2.24, 2.45) is 29.1 Å². The number of nitrogens with one attached hydrogen (secondary N) is 1. The minimum atomic E-state index is 0.687. The first-order valence-electron chi connectivity index (χ1n) is 9.31. The molecule has 4 bridgehead atoms. The quantitative estimate of drug-likeness (QED) is 0.645. The third kappa shape index (κ3) is 3.08. The summed E-state index contributed by atoms with van der Waals surface area (Å²) in [6, 6.07) is 0.759. The molecule has 4 aliphatic carbocycles. The predicted octanol–water partition coefficient (Wildman–Crippen LogP) is 5.01. The second-order valence-electron chi connectivity index (χ2n) is 8.85. The van der Waals surface area contributed by atoms with Gasteiger partial charge < -0.3 is 5.32 Å². The fraction of sp³-hybridized carbons (Fsp3) is 1.00. The summed E-state index contributed by atoms with van der Waals surface area (Å²) in [5, 5.41) is 3.91. The molecule has 0 aromatic rings. The lowest BCUT2D eigenvalue weighted by atomic mass is 9.48. The van der Waals surface area contributed by atoms with E-state index in [4.69, 9.17) is 0 Å². The standard InChI is InChI=1S/C19H35N/c1-14(2)6-4-5-7-20-15(3)19-11-16-8-17(12-19)10-18(9-16)13-19/h14-18,20H,4-13H2,1-3H3. The van der Waals surface area contributed by atoms with Gasteiger partial charge in [-0.15, -0.1) is 0 Å². The molecular weight excluding hydrogens is 242 g/mol. The van der Waals surface area contributed by atoms with Crippen LogP contribution in [0.1, 0.15) is 78.6 Å². The third-order valence-electron chi connectivity index (χ3n) is 6.66. The summed E-state index contributed by atoms with van der Waals surface area (Å²) in [4.78, 5) is 0. The van der Waals surface area contributed by atoms with Gasteiger partial charge >= 0.3 is 0 Å². The van der Waals surface area contributed by atoms with Crippen LogP contribution in [0.25, 0.3) is 0 Å². The fourth-order valence-electron chi connectivity index (χ4n) is 5.92. The molecule has 0 aromatic heterocycles. The van der Waals surface area contributed by atoms with Crippen LogP contribution < -0.4 is 5.32 Å². The summed E-state index contributed by atoms with van der Waals surface area (Å²) in [5.41, 5.74) is 0.687. The molecule has 4 aliphatic rings. The fourth-order valence-corrected chi connectivity index (χ4v) is 5.92. The van der Waals surface area contributed by atoms with Gasteiger partial charge in [-0.1, -0.05) is 26.7 Å². The van der Waals surface area contributed by atoms with Crippen LogP contribution in [0.4, 0.5) is 0 Å². The molecule has 116 valence electrons. The lowest BCUT2D eigenvalue weighted by Crippen LogP contribution is -2.54. The summed E-state index contributed by atoms with van der Waals surface area (Å²) in [6.45, 7) is 8.42. The number of rotatable bonds is 7. The largest absolute Gasteiger partial charge is 0.314 e. The van der Waals surface area contributed by atoms with E-state index >= 15 is 0 Å². The van der Waals surface area contributed by atoms with Crippen LogP contribution in [0.15, 0.2) is 0 Å². The van der Waals surface area contributed by atoms with Crippen molar-refractivity contribution in [2.45, 2.75) is 84.6 Å². The van der Waals surface area contributed by atoms with Gasteiger partial charge in [0.25, 0.3) is 0 Å². The highest BCUT2D eigenvalue weighted by molar-refractivity contribution is 5.05. The maximum atomic E-state index is 3.91. The molecule has 1 atom stereocenters. The Bertz CT molecular complexity index is 284. The molecular formula is C19H35N. The van der Waals surface area contributed by atoms with E-state index in [0.717, 1.165) is 29.7 Å². The van der Waals surface area contributed by atoms with Gasteiger partial charge in [0.1, 0.15) is 0 Å². The van der Waals surface area contributed by atoms with Crippen LogP contribution in [0.2, 0.25) is 0 Å². The Morgan fingerprint density at radius 2 is 1.45 bits per heavy atom. The Morgan fingerprint density at radius 1 is 0.900 bits per heavy atom. The Kier molecular flexibility index (Phi) is 4.45. The van der Waals surface area contributed by atoms with Crippen molar-refractivity contribution >= 4 is 0 Å². The van der Waals surface area contributed by atoms with Crippen molar-refractivity contribution in [1.82, 2.24) is 5.32 Å². The smallest absolute Gasteiger partial charge is 0.00954 e. The van der Waals surface area contributed by atoms with Gasteiger partial charge in [0.2, 0.25) is 0 Å². The van der Waals surface area contributed by atoms with Gasteiger partial charge in [-0.25, -0.2) is 0 Å². The number of hydrogen-bond donors (Lipinski definition) is 1. The lowest BCUT2D eigenvalue weighted by molar-refractivity contribution is -0.0703. The monoisotopic (exact) mass is 277 g/mol. The Balaban J connectivity index is 1.46. The zero-order chi connectivity index (χ0) is 14.2. The lowest BCUT2D eigenvalue weighted by Gasteiger charge is -2.59. The minimum Gasteiger partial charge on any atom is -0.314 e. The molecule has 0 radical (unpaired) electrons. The van der Waals surface area contributed by atoms with E-state index in [1.807, 2.05) is 0 Å². The molecule has 4 fully saturated rings. The van der Waals surface area contributed by atoms with E-state index in [9.17, 15) is 0 Å². The molecule has 1 nitrogen and oxygen atoms in total. The Hall–Kier alpha value is -0.0400. The molecule has 0 saturated heterocycles. The zero-order valence-electron chi connectivity index (χ0n) is 14.0. The zero-order valence-corrected chi connectivity index (χ0v) is 14.0. The first-order valence-corrected chi connectivity index (χ1v) is 9.31. The molecule has 1 N–H and O–H groups in total. The first kappa shape index (κ1) is 14.9. The topological polar surface area (TPSA) is 12.0 Å². The molecule has 4 rings (SSSR count). The summed E-state index contributed by atoms with van der Waals surface area (Å²) < 4.78 is 0. The van der Waals surface area contributed by atoms with E-state index in [0.29, 0.717) is 5.41 Å². The van der Waals surface area contributed by atoms with Crippen LogP contribution in [0.5, 0.6) is 0 Å². The molecule has 20 heavy (non-hydrogen) atoms. The van der Waals surface area contributed by atoms with Gasteiger partial charge in [0.05, 0.1) is 0 Å². The van der Waals surface area contributed by atoms with Gasteiger partial charge in [0.15, 0.2) is 0 Å². The summed E-state index contributed by atoms with van der Waals surface area (Å²) >= 11 is 0. The molecule has 1 heteroatoms. The third-order valence-corrected chi connectivity index (χ3v) is 6.66. The highest BCUT2D eigenvalue weighted by Crippen LogP contribution is 2.61. The molecule has 1 unspecified atom stereocenters. The van der Waals surface area contributed by atoms with E-state index in [1.54, 1.807) is 38.5 Å². The molecule has 0 aliphatic heterocycles. The van der Waals surface area contributed by atoms with Crippen molar-refractivity contribution in [3.05, 3.63) is 0 Å². The predicted molar refractivity (Wildman–Crippen MR) is 86.8 cm³/mol. The maximum Gasteiger partial charge on any atom is 0.00954 e. The molecule has 0 heterocycles. The normalized spacial score (nSPS) is 40.5. The van der Waals surface area contributed by atoms with Crippen LogP contribution >= 0.6 is 0 Å². The summed E-state index contributed by atoms with van der Waals surface area (Å²) in [7, 11) is 0. The summed E-state index contributed by atoms with van der Waals surface area (Å²) in [5.74, 6) is 4.14. The van der Waals surface area contributed by atoms with Crippen LogP contribution in [-0.2, 0) is 0 Å². The summed E-state index contributed by atoms with van der Waals surface area (Å²) in [6.07, 6.45) is 13.5. The molecule has 0 aromatic carbocycles. The van der Waals surface area contributed by atoms with Crippen molar-refractivity contribution in [2.75, 3.05) is 6.54 Å². The van der Waals surface area contributed by atoms with E-state index < -0.39 is 0 Å². The average Bonchev–Trinajstić information content (AvgIpc) is 2.36. The molecule has 0 spiro atoms. The van der Waals surface area contributed by atoms with Crippen molar-refractivity contribution in [3.8, 4) is 0 Å². The van der Waals surface area contributed by atoms with Gasteiger partial charge in [0, 0.05) is 6.04 Å². The number of unbranched alkanes of at least 4 members (excludes halogenated alkanes) is 1. The van der Waals surface area contributed by atoms with Crippen molar-refractivity contribution in [1.29, 1.82) is 0 Å². The Morgan fingerprint density at radius 3 is 1.95 bits per heavy atom. The molecule has 0 amide bonds. The minimum absolute atomic E-state index is 0.687. The average molecular weight is 277 g/mol. The maximum absolute atomic E-state index is 3.91. The van der Waals surface area contributed by atoms with Crippen LogP contribution in [0.3, 0.4) is 0 Å². The van der Waals surface area contributed by atoms with E-state index in [1.165, 1.54) is 25.8 Å². The van der Waals surface area contributed by atoms with E-state index in [2.05, 4.69) is 26.1 Å². The van der Waals surface area contributed by atoms with Crippen LogP contribution in [0, 0.1) is 29.1 Å². The van der Waals surface area contributed by atoms with Gasteiger partial charge in [-0.05, 0) is 87.5 Å². The van der Waals surface area contributed by atoms with Crippen molar-refractivity contribution < 1.29 is 0 Å². The highest BCUT2D eigenvalue weighted by Gasteiger charge is 2.52. The van der Waals surface area contributed by atoms with E-state index in [-0.39, 0.29) is 0 Å². The van der Waals surface area contributed by atoms with Gasteiger partial charge in [-0.2, -0.15) is 0 Å². The number of hydrogen-bond acceptors (Lipinski definition) is 1. The van der Waals surface area contributed by atoms with Crippen molar-refractivity contribution in [3.63, 3.8) is 0 Å².